The molecule has 9 aromatic carbocycles. The van der Waals surface area contributed by atoms with Crippen LogP contribution >= 0.6 is 0 Å². The second-order valence-electron chi connectivity index (χ2n) is 29.6. The lowest BCUT2D eigenvalue weighted by Crippen LogP contribution is -2.43. The van der Waals surface area contributed by atoms with Gasteiger partial charge in [0.1, 0.15) is 0 Å². The molecule has 2 aliphatic carbocycles. The number of para-hydroxylation sites is 1. The van der Waals surface area contributed by atoms with Crippen molar-refractivity contribution in [3.63, 3.8) is 0 Å². The van der Waals surface area contributed by atoms with Crippen LogP contribution in [0.4, 0.5) is 22.7 Å². The van der Waals surface area contributed by atoms with Gasteiger partial charge in [-0.05, 0) is 147 Å². The molecule has 4 aromatic heterocycles. The Balaban J connectivity index is 1.03. The van der Waals surface area contributed by atoms with Crippen LogP contribution in [0.25, 0.3) is 92.9 Å². The quantitative estimate of drug-likeness (QED) is 0.151. The highest BCUT2D eigenvalue weighted by atomic mass is 15.2. The lowest BCUT2D eigenvalue weighted by molar-refractivity contribution is 0.494. The predicted octanol–water partition coefficient (Wildman–Crippen LogP) is 22.9. The average Bonchev–Trinajstić information content (AvgIpc) is 1.53. The highest BCUT2D eigenvalue weighted by Gasteiger charge is 2.38. The SMILES string of the molecule is CC(C)(C)C1=CCC(C)(N(c2ccccc2-c2ccccc2)c2ccc3c4cc5c(cc4n4c6ccc(C(C)(C)C)cc6c2c34)c2ccc(N(c3ccc(C(C)(C)C)cc3)C3CC=CC=C3c3ccccc3)c3c4cc(C(C)(C)C)ccc4n5c23)C=C1. The van der Waals surface area contributed by atoms with Gasteiger partial charge in [-0.2, -0.15) is 0 Å². The average molecular weight is 1130 g/mol. The van der Waals surface area contributed by atoms with Crippen molar-refractivity contribution in [2.45, 2.75) is 131 Å². The summed E-state index contributed by atoms with van der Waals surface area (Å²) in [6.45, 7) is 30.5. The molecule has 4 heteroatoms. The molecule has 0 fully saturated rings. The molecule has 0 saturated carbocycles. The molecule has 15 rings (SSSR count). The number of nitrogens with zero attached hydrogens (tertiary/aromatic N) is 4. The number of benzene rings is 9. The normalized spacial score (nSPS) is 17.1. The molecule has 2 atom stereocenters. The number of fused-ring (bicyclic) bond motifs is 12. The van der Waals surface area contributed by atoms with Crippen molar-refractivity contribution in [3.8, 4) is 11.1 Å². The second-order valence-corrected chi connectivity index (χ2v) is 29.6. The van der Waals surface area contributed by atoms with Gasteiger partial charge in [-0.15, -0.1) is 0 Å². The Hall–Kier alpha value is -8.86. The Morgan fingerprint density at radius 3 is 1.51 bits per heavy atom. The number of hydrogen-bond donors (Lipinski definition) is 0. The van der Waals surface area contributed by atoms with Gasteiger partial charge in [0.25, 0.3) is 0 Å². The van der Waals surface area contributed by atoms with Gasteiger partial charge in [0, 0.05) is 60.0 Å². The molecule has 2 unspecified atom stereocenters. The van der Waals surface area contributed by atoms with E-state index in [1.165, 1.54) is 143 Å². The zero-order valence-electron chi connectivity index (χ0n) is 53.1. The van der Waals surface area contributed by atoms with Crippen molar-refractivity contribution < 1.29 is 0 Å². The fourth-order valence-electron chi connectivity index (χ4n) is 14.9. The first-order valence-electron chi connectivity index (χ1n) is 31.7. The lowest BCUT2D eigenvalue weighted by Gasteiger charge is -2.44. The Labute approximate surface area is 513 Å². The monoisotopic (exact) mass is 1130 g/mol. The summed E-state index contributed by atoms with van der Waals surface area (Å²) in [5.41, 5.74) is 22.2. The van der Waals surface area contributed by atoms with E-state index in [1.807, 2.05) is 0 Å². The highest BCUT2D eigenvalue weighted by molar-refractivity contribution is 6.32. The molecule has 0 saturated heterocycles. The van der Waals surface area contributed by atoms with Crippen LogP contribution in [0.1, 0.15) is 125 Å². The van der Waals surface area contributed by atoms with Gasteiger partial charge in [-0.3, -0.25) is 0 Å². The van der Waals surface area contributed by atoms with Crippen LogP contribution in [-0.4, -0.2) is 20.4 Å². The van der Waals surface area contributed by atoms with Crippen LogP contribution in [0.5, 0.6) is 0 Å². The van der Waals surface area contributed by atoms with E-state index in [0.29, 0.717) is 0 Å². The van der Waals surface area contributed by atoms with Crippen LogP contribution in [-0.2, 0) is 16.2 Å². The van der Waals surface area contributed by atoms with Gasteiger partial charge in [0.2, 0.25) is 0 Å². The fraction of sp³-hybridized carbons (Fsp3) is 0.253. The smallest absolute Gasteiger partial charge is 0.0643 e. The molecule has 2 aliphatic rings. The van der Waals surface area contributed by atoms with Crippen molar-refractivity contribution >= 4 is 105 Å². The molecule has 0 spiro atoms. The summed E-state index contributed by atoms with van der Waals surface area (Å²) in [7, 11) is 0. The summed E-state index contributed by atoms with van der Waals surface area (Å²) < 4.78 is 5.26. The third-order valence-corrected chi connectivity index (χ3v) is 19.7. The first kappa shape index (κ1) is 54.8. The summed E-state index contributed by atoms with van der Waals surface area (Å²) in [5.74, 6) is 0. The minimum absolute atomic E-state index is 0.0218. The van der Waals surface area contributed by atoms with Gasteiger partial charge >= 0.3 is 0 Å². The van der Waals surface area contributed by atoms with Gasteiger partial charge in [0.15, 0.2) is 0 Å². The molecule has 87 heavy (non-hydrogen) atoms. The standard InChI is InChI=1S/C83H80N4/c1-79(2,3)54-32-36-58(37-33-54)84(67-30-22-20-28-59(67)52-24-16-14-17-25-52)71-42-38-61-63-50-74-64(51-73(63)85-68-40-34-56(81(7,8)9)48-65(68)75(71)77(61)85)62-39-43-72(76-66-49-57(82(10,11)12)35-41-69(66)86(74)78(62)76)87(83(13)46-44-55(45-47-83)80(4,5)6)70-31-23-21-29-60(70)53-26-18-15-19-27-53/h14-29,31-46,48-51,67H,30,47H2,1-13H3. The molecule has 4 heterocycles. The summed E-state index contributed by atoms with van der Waals surface area (Å²) in [4.78, 5) is 5.38. The van der Waals surface area contributed by atoms with Crippen molar-refractivity contribution in [1.29, 1.82) is 0 Å². The molecule has 0 bridgehead atoms. The van der Waals surface area contributed by atoms with E-state index in [9.17, 15) is 0 Å². The number of aromatic nitrogens is 2. The van der Waals surface area contributed by atoms with E-state index in [4.69, 9.17) is 0 Å². The van der Waals surface area contributed by atoms with E-state index < -0.39 is 5.54 Å². The second kappa shape index (κ2) is 19.3. The Kier molecular flexibility index (Phi) is 12.2. The van der Waals surface area contributed by atoms with E-state index in [-0.39, 0.29) is 27.7 Å². The maximum absolute atomic E-state index is 2.70. The van der Waals surface area contributed by atoms with Crippen LogP contribution < -0.4 is 9.80 Å². The first-order chi connectivity index (χ1) is 41.6. The molecule has 0 aliphatic heterocycles. The van der Waals surface area contributed by atoms with Crippen LogP contribution in [0.3, 0.4) is 0 Å². The molecule has 0 radical (unpaired) electrons. The first-order valence-corrected chi connectivity index (χ1v) is 31.7. The van der Waals surface area contributed by atoms with Crippen LogP contribution in [0, 0.1) is 5.41 Å². The van der Waals surface area contributed by atoms with Crippen molar-refractivity contribution in [2.75, 3.05) is 9.80 Å². The molecule has 0 amide bonds. The zero-order valence-corrected chi connectivity index (χ0v) is 53.1. The van der Waals surface area contributed by atoms with Gasteiger partial charge in [0.05, 0.1) is 56.1 Å². The third kappa shape index (κ3) is 8.59. The molecule has 432 valence electrons. The summed E-state index contributed by atoms with van der Waals surface area (Å²) in [6, 6.07) is 70.2. The summed E-state index contributed by atoms with van der Waals surface area (Å²) in [6.07, 6.45) is 16.1. The van der Waals surface area contributed by atoms with Crippen molar-refractivity contribution in [1.82, 2.24) is 8.80 Å². The molecule has 0 N–H and O–H groups in total. The fourth-order valence-corrected chi connectivity index (χ4v) is 14.9. The zero-order chi connectivity index (χ0) is 60.3. The maximum Gasteiger partial charge on any atom is 0.0643 e. The van der Waals surface area contributed by atoms with Crippen LogP contribution in [0.15, 0.2) is 224 Å². The van der Waals surface area contributed by atoms with Crippen LogP contribution in [0.2, 0.25) is 0 Å². The lowest BCUT2D eigenvalue weighted by atomic mass is 9.78. The van der Waals surface area contributed by atoms with E-state index in [2.05, 4.69) is 327 Å². The topological polar surface area (TPSA) is 15.3 Å². The molecular weight excluding hydrogens is 1050 g/mol. The van der Waals surface area contributed by atoms with Gasteiger partial charge in [-0.1, -0.05) is 235 Å². The summed E-state index contributed by atoms with van der Waals surface area (Å²) in [5, 5.41) is 10.2. The highest BCUT2D eigenvalue weighted by Crippen LogP contribution is 2.54. The van der Waals surface area contributed by atoms with Gasteiger partial charge in [-0.25, -0.2) is 0 Å². The summed E-state index contributed by atoms with van der Waals surface area (Å²) >= 11 is 0. The van der Waals surface area contributed by atoms with Crippen molar-refractivity contribution in [2.24, 2.45) is 5.41 Å². The largest absolute Gasteiger partial charge is 0.333 e. The minimum atomic E-state index is -0.402. The third-order valence-electron chi connectivity index (χ3n) is 19.7. The van der Waals surface area contributed by atoms with E-state index in [0.717, 1.165) is 12.8 Å². The number of hydrogen-bond acceptors (Lipinski definition) is 2. The van der Waals surface area contributed by atoms with Crippen molar-refractivity contribution in [3.05, 3.63) is 246 Å². The molecule has 4 nitrogen and oxygen atoms in total. The van der Waals surface area contributed by atoms with E-state index in [1.54, 1.807) is 0 Å². The maximum atomic E-state index is 2.70. The number of allylic oxidation sites excluding steroid dienone is 4. The van der Waals surface area contributed by atoms with Gasteiger partial charge < -0.3 is 18.6 Å². The predicted molar refractivity (Wildman–Crippen MR) is 376 cm³/mol. The minimum Gasteiger partial charge on any atom is -0.333 e. The molecule has 13 aromatic rings. The Morgan fingerprint density at radius 1 is 0.448 bits per heavy atom. The number of rotatable bonds is 8. The Bertz CT molecular complexity index is 5010. The van der Waals surface area contributed by atoms with E-state index >= 15 is 0 Å². The molecular formula is C83H80N4. The number of anilines is 4. The Morgan fingerprint density at radius 2 is 0.966 bits per heavy atom.